The molecule has 1 aromatic carbocycles. The lowest BCUT2D eigenvalue weighted by molar-refractivity contribution is 0.0768. The molecule has 0 amide bonds. The normalized spacial score (nSPS) is 24.2. The van der Waals surface area contributed by atoms with Crippen LogP contribution in [0.5, 0.6) is 11.5 Å². The van der Waals surface area contributed by atoms with Crippen molar-refractivity contribution in [1.82, 2.24) is 4.90 Å². The molecule has 3 atom stereocenters. The highest BCUT2D eigenvalue weighted by atomic mass is 16.3. The molecule has 4 nitrogen and oxygen atoms in total. The molecule has 0 bridgehead atoms. The van der Waals surface area contributed by atoms with Crippen molar-refractivity contribution < 1.29 is 10.2 Å². The first kappa shape index (κ1) is 16.1. The van der Waals surface area contributed by atoms with E-state index in [1.54, 1.807) is 12.1 Å². The lowest BCUT2D eigenvalue weighted by Crippen LogP contribution is -2.46. The van der Waals surface area contributed by atoms with E-state index in [1.165, 1.54) is 31.7 Å². The average Bonchev–Trinajstić information content (AvgIpc) is 2.47. The molecule has 4 N–H and O–H groups in total. The van der Waals surface area contributed by atoms with E-state index in [9.17, 15) is 10.2 Å². The summed E-state index contributed by atoms with van der Waals surface area (Å²) in [6.07, 6.45) is 4.92. The van der Waals surface area contributed by atoms with Crippen molar-refractivity contribution >= 4 is 0 Å². The topological polar surface area (TPSA) is 69.7 Å². The number of nitrogens with zero attached hydrogens (tertiary/aromatic N) is 1. The molecule has 0 heterocycles. The van der Waals surface area contributed by atoms with Gasteiger partial charge in [0.1, 0.15) is 11.5 Å². The van der Waals surface area contributed by atoms with Crippen LogP contribution < -0.4 is 5.73 Å². The minimum Gasteiger partial charge on any atom is -0.508 e. The molecular weight excluding hydrogens is 264 g/mol. The van der Waals surface area contributed by atoms with E-state index in [2.05, 4.69) is 18.7 Å². The van der Waals surface area contributed by atoms with Gasteiger partial charge in [0.2, 0.25) is 0 Å². The molecule has 1 aliphatic rings. The predicted molar refractivity (Wildman–Crippen MR) is 85.4 cm³/mol. The SMILES string of the molecule is CCN(C(C)c1cc(O)cc(O)c1)C1CCCCC1CN. The summed E-state index contributed by atoms with van der Waals surface area (Å²) in [7, 11) is 0. The Balaban J connectivity index is 2.22. The van der Waals surface area contributed by atoms with Crippen molar-refractivity contribution in [3.63, 3.8) is 0 Å². The molecule has 1 aliphatic carbocycles. The summed E-state index contributed by atoms with van der Waals surface area (Å²) in [5.74, 6) is 0.783. The fourth-order valence-corrected chi connectivity index (χ4v) is 3.75. The van der Waals surface area contributed by atoms with E-state index < -0.39 is 0 Å². The Morgan fingerprint density at radius 1 is 1.19 bits per heavy atom. The van der Waals surface area contributed by atoms with Gasteiger partial charge in [-0.2, -0.15) is 0 Å². The molecule has 21 heavy (non-hydrogen) atoms. The number of aromatic hydroxyl groups is 2. The summed E-state index contributed by atoms with van der Waals surface area (Å²) in [6.45, 7) is 5.99. The van der Waals surface area contributed by atoms with Gasteiger partial charge in [-0.3, -0.25) is 4.90 Å². The number of benzene rings is 1. The van der Waals surface area contributed by atoms with E-state index in [1.807, 2.05) is 0 Å². The molecule has 0 spiro atoms. The molecular formula is C17H28N2O2. The fourth-order valence-electron chi connectivity index (χ4n) is 3.75. The summed E-state index contributed by atoms with van der Waals surface area (Å²) in [6, 6.07) is 5.51. The van der Waals surface area contributed by atoms with E-state index in [0.29, 0.717) is 12.0 Å². The average molecular weight is 292 g/mol. The monoisotopic (exact) mass is 292 g/mol. The minimum atomic E-state index is 0.118. The molecule has 0 aromatic heterocycles. The van der Waals surface area contributed by atoms with Gasteiger partial charge in [-0.15, -0.1) is 0 Å². The quantitative estimate of drug-likeness (QED) is 0.780. The maximum absolute atomic E-state index is 9.71. The third-order valence-electron chi connectivity index (χ3n) is 4.87. The highest BCUT2D eigenvalue weighted by Crippen LogP contribution is 2.35. The Kier molecular flexibility index (Phi) is 5.48. The van der Waals surface area contributed by atoms with E-state index in [-0.39, 0.29) is 17.5 Å². The first-order valence-corrected chi connectivity index (χ1v) is 8.05. The van der Waals surface area contributed by atoms with Gasteiger partial charge in [-0.1, -0.05) is 19.8 Å². The van der Waals surface area contributed by atoms with E-state index in [4.69, 9.17) is 5.73 Å². The van der Waals surface area contributed by atoms with Crippen molar-refractivity contribution in [2.24, 2.45) is 11.7 Å². The van der Waals surface area contributed by atoms with Crippen LogP contribution in [-0.2, 0) is 0 Å². The number of hydrogen-bond donors (Lipinski definition) is 3. The van der Waals surface area contributed by atoms with Crippen molar-refractivity contribution in [3.05, 3.63) is 23.8 Å². The summed E-state index contributed by atoms with van der Waals surface area (Å²) >= 11 is 0. The second-order valence-electron chi connectivity index (χ2n) is 6.14. The van der Waals surface area contributed by atoms with E-state index >= 15 is 0 Å². The Morgan fingerprint density at radius 3 is 2.38 bits per heavy atom. The predicted octanol–water partition coefficient (Wildman–Crippen LogP) is 3.00. The number of hydrogen-bond acceptors (Lipinski definition) is 4. The molecule has 0 saturated heterocycles. The van der Waals surface area contributed by atoms with Crippen LogP contribution in [0.1, 0.15) is 51.1 Å². The van der Waals surface area contributed by atoms with Crippen LogP contribution in [0.2, 0.25) is 0 Å². The van der Waals surface area contributed by atoms with Gasteiger partial charge in [0, 0.05) is 18.2 Å². The van der Waals surface area contributed by atoms with Crippen LogP contribution in [0.15, 0.2) is 18.2 Å². The number of nitrogens with two attached hydrogens (primary N) is 1. The highest BCUT2D eigenvalue weighted by molar-refractivity contribution is 5.38. The van der Waals surface area contributed by atoms with Gasteiger partial charge in [0.25, 0.3) is 0 Å². The number of phenols is 2. The second-order valence-corrected chi connectivity index (χ2v) is 6.14. The molecule has 0 aliphatic heterocycles. The van der Waals surface area contributed by atoms with Gasteiger partial charge in [-0.05, 0) is 56.5 Å². The third-order valence-corrected chi connectivity index (χ3v) is 4.87. The number of rotatable bonds is 5. The van der Waals surface area contributed by atoms with Crippen LogP contribution >= 0.6 is 0 Å². The van der Waals surface area contributed by atoms with Gasteiger partial charge in [0.15, 0.2) is 0 Å². The standard InChI is InChI=1S/C17H28N2O2/c1-3-19(17-7-5-4-6-13(17)11-18)12(2)14-8-15(20)10-16(21)9-14/h8-10,12-13,17,20-21H,3-7,11,18H2,1-2H3. The first-order valence-electron chi connectivity index (χ1n) is 8.05. The molecule has 1 aromatic rings. The Bertz CT molecular complexity index is 444. The fraction of sp³-hybridized carbons (Fsp3) is 0.647. The largest absolute Gasteiger partial charge is 0.508 e. The molecule has 1 fully saturated rings. The zero-order valence-electron chi connectivity index (χ0n) is 13.1. The van der Waals surface area contributed by atoms with Crippen LogP contribution in [0.3, 0.4) is 0 Å². The van der Waals surface area contributed by atoms with Crippen LogP contribution in [0.25, 0.3) is 0 Å². The van der Waals surface area contributed by atoms with E-state index in [0.717, 1.165) is 18.7 Å². The highest BCUT2D eigenvalue weighted by Gasteiger charge is 2.31. The first-order chi connectivity index (χ1) is 10.1. The third kappa shape index (κ3) is 3.69. The zero-order chi connectivity index (χ0) is 15.4. The van der Waals surface area contributed by atoms with Gasteiger partial charge < -0.3 is 15.9 Å². The Morgan fingerprint density at radius 2 is 1.81 bits per heavy atom. The second kappa shape index (κ2) is 7.14. The Labute approximate surface area is 127 Å². The number of phenolic OH excluding ortho intramolecular Hbond substituents is 2. The van der Waals surface area contributed by atoms with Crippen LogP contribution in [0.4, 0.5) is 0 Å². The summed E-state index contributed by atoms with van der Waals surface area (Å²) in [4.78, 5) is 2.46. The zero-order valence-corrected chi connectivity index (χ0v) is 13.1. The lowest BCUT2D eigenvalue weighted by atomic mass is 9.82. The van der Waals surface area contributed by atoms with Crippen molar-refractivity contribution in [2.75, 3.05) is 13.1 Å². The Hall–Kier alpha value is -1.26. The smallest absolute Gasteiger partial charge is 0.119 e. The van der Waals surface area contributed by atoms with Crippen LogP contribution in [0, 0.1) is 5.92 Å². The van der Waals surface area contributed by atoms with Crippen LogP contribution in [-0.4, -0.2) is 34.2 Å². The summed E-state index contributed by atoms with van der Waals surface area (Å²) in [5, 5.41) is 19.4. The van der Waals surface area contributed by atoms with Gasteiger partial charge in [0.05, 0.1) is 0 Å². The van der Waals surface area contributed by atoms with Gasteiger partial charge in [-0.25, -0.2) is 0 Å². The van der Waals surface area contributed by atoms with Crippen molar-refractivity contribution in [2.45, 2.75) is 51.6 Å². The lowest BCUT2D eigenvalue weighted by Gasteiger charge is -2.42. The summed E-state index contributed by atoms with van der Waals surface area (Å²) < 4.78 is 0. The summed E-state index contributed by atoms with van der Waals surface area (Å²) in [5.41, 5.74) is 6.92. The maximum Gasteiger partial charge on any atom is 0.119 e. The molecule has 3 unspecified atom stereocenters. The molecule has 2 rings (SSSR count). The maximum atomic E-state index is 9.71. The minimum absolute atomic E-state index is 0.118. The van der Waals surface area contributed by atoms with Crippen molar-refractivity contribution in [1.29, 1.82) is 0 Å². The molecule has 0 radical (unpaired) electrons. The molecule has 1 saturated carbocycles. The van der Waals surface area contributed by atoms with Gasteiger partial charge >= 0.3 is 0 Å². The molecule has 118 valence electrons. The van der Waals surface area contributed by atoms with Crippen molar-refractivity contribution in [3.8, 4) is 11.5 Å². The molecule has 4 heteroatoms.